The number of ether oxygens (including phenoxy) is 8. The Balaban J connectivity index is 1.01. The summed E-state index contributed by atoms with van der Waals surface area (Å²) >= 11 is 0. The Hall–Kier alpha value is -2.16. The second-order valence-electron chi connectivity index (χ2n) is 26.2. The number of fused-ring (bicyclic) bond motifs is 7. The van der Waals surface area contributed by atoms with Gasteiger partial charge in [-0.3, -0.25) is 9.59 Å². The third-order valence-corrected chi connectivity index (χ3v) is 21.5. The number of carboxylic acid groups (broad SMARTS) is 1. The smallest absolute Gasteiger partial charge is 0.315 e. The average molecular weight is 1140 g/mol. The lowest BCUT2D eigenvalue weighted by atomic mass is 9.33. The van der Waals surface area contributed by atoms with Crippen molar-refractivity contribution in [1.29, 1.82) is 0 Å². The Morgan fingerprint density at radius 1 is 0.570 bits per heavy atom. The van der Waals surface area contributed by atoms with E-state index >= 15 is 0 Å². The van der Waals surface area contributed by atoms with Gasteiger partial charge in [0.05, 0.1) is 42.9 Å². The highest BCUT2D eigenvalue weighted by Crippen LogP contribution is 2.76. The zero-order chi connectivity index (χ0) is 58.0. The highest BCUT2D eigenvalue weighted by atomic mass is 16.8. The molecule has 0 spiro atoms. The Bertz CT molecular complexity index is 2240. The molecule has 30 atom stereocenters. The molecule has 0 amide bonds. The van der Waals surface area contributed by atoms with Crippen molar-refractivity contribution in [2.75, 3.05) is 19.8 Å². The molecule has 25 heteroatoms. The molecular weight excluding hydrogens is 1050 g/mol. The fourth-order valence-electron chi connectivity index (χ4n) is 16.5. The Labute approximate surface area is 457 Å². The summed E-state index contributed by atoms with van der Waals surface area (Å²) in [5.41, 5.74) is -4.11. The molecule has 4 aliphatic heterocycles. The lowest BCUT2D eigenvalue weighted by molar-refractivity contribution is -0.399. The number of aliphatic hydroxyl groups excluding tert-OH is 14. The molecule has 0 aromatic carbocycles. The predicted molar refractivity (Wildman–Crippen MR) is 265 cm³/mol. The van der Waals surface area contributed by atoms with E-state index < -0.39 is 200 Å². The second-order valence-corrected chi connectivity index (χ2v) is 26.2. The fourth-order valence-corrected chi connectivity index (χ4v) is 16.5. The van der Waals surface area contributed by atoms with Crippen LogP contribution in [0.2, 0.25) is 0 Å². The van der Waals surface area contributed by atoms with E-state index in [1.807, 2.05) is 6.92 Å². The minimum absolute atomic E-state index is 0.00990. The first-order valence-electron chi connectivity index (χ1n) is 28.0. The monoisotopic (exact) mass is 1130 g/mol. The number of allylic oxidation sites excluding steroid dienone is 2. The summed E-state index contributed by atoms with van der Waals surface area (Å²) in [7, 11) is 0. The minimum Gasteiger partial charge on any atom is -0.481 e. The third kappa shape index (κ3) is 9.76. The molecule has 79 heavy (non-hydrogen) atoms. The molecule has 4 saturated carbocycles. The van der Waals surface area contributed by atoms with Crippen molar-refractivity contribution in [1.82, 2.24) is 0 Å². The number of rotatable bonds is 12. The van der Waals surface area contributed by atoms with Gasteiger partial charge in [0, 0.05) is 0 Å². The van der Waals surface area contributed by atoms with Crippen LogP contribution < -0.4 is 0 Å². The fraction of sp³-hybridized carbons (Fsp3) is 0.926. The maximum atomic E-state index is 14.8. The van der Waals surface area contributed by atoms with E-state index in [0.29, 0.717) is 51.4 Å². The summed E-state index contributed by atoms with van der Waals surface area (Å²) in [6.07, 6.45) is -31.9. The van der Waals surface area contributed by atoms with E-state index in [-0.39, 0.29) is 23.7 Å². The van der Waals surface area contributed by atoms with Crippen LogP contribution in [-0.2, 0) is 47.5 Å². The number of carbonyl (C=O) groups is 2. The van der Waals surface area contributed by atoms with Gasteiger partial charge in [0.25, 0.3) is 0 Å². The van der Waals surface area contributed by atoms with Gasteiger partial charge in [-0.15, -0.1) is 0 Å². The van der Waals surface area contributed by atoms with E-state index in [0.717, 1.165) is 5.57 Å². The summed E-state index contributed by atoms with van der Waals surface area (Å²) in [5, 5.41) is 163. The molecule has 25 nitrogen and oxygen atoms in total. The van der Waals surface area contributed by atoms with Crippen molar-refractivity contribution >= 4 is 11.9 Å². The number of carbonyl (C=O) groups excluding carboxylic acids is 1. The maximum Gasteiger partial charge on any atom is 0.315 e. The standard InChI is InChI=1S/C54H86O25/c1-21-30(59)34(63)38(67)43(72-21)76-40-36(65)32(61)26(19-56)74-45(40)77-41-37(66)33(62)27(20-57)75-46(41)78-42-24(58)17-50(4)28-9-8-22-23-16-49(2,3)12-14-54(23,48(71)79-44-39(68)35(64)31(60)25(18-55)73-44)15-13-51(22,5)52(28,6)11-10-29(50)53(42,7)47(69)70/h8,21,23-46,55-68H,9-20H2,1-7H3,(H,69,70). The summed E-state index contributed by atoms with van der Waals surface area (Å²) in [6, 6.07) is 0. The molecule has 4 heterocycles. The number of esters is 1. The van der Waals surface area contributed by atoms with Gasteiger partial charge in [-0.2, -0.15) is 0 Å². The quantitative estimate of drug-likeness (QED) is 0.0527. The van der Waals surface area contributed by atoms with E-state index in [1.54, 1.807) is 0 Å². The van der Waals surface area contributed by atoms with Crippen molar-refractivity contribution in [3.63, 3.8) is 0 Å². The van der Waals surface area contributed by atoms with Crippen LogP contribution in [0.15, 0.2) is 11.6 Å². The van der Waals surface area contributed by atoms with Crippen LogP contribution in [0.25, 0.3) is 0 Å². The summed E-state index contributed by atoms with van der Waals surface area (Å²) < 4.78 is 47.7. The molecule has 0 aromatic rings. The zero-order valence-corrected chi connectivity index (χ0v) is 45.8. The highest BCUT2D eigenvalue weighted by Gasteiger charge is 2.73. The van der Waals surface area contributed by atoms with Crippen LogP contribution in [0.3, 0.4) is 0 Å². The molecule has 8 fully saturated rings. The van der Waals surface area contributed by atoms with Gasteiger partial charge in [-0.05, 0) is 111 Å². The molecule has 30 unspecified atom stereocenters. The first-order valence-corrected chi connectivity index (χ1v) is 28.0. The van der Waals surface area contributed by atoms with Crippen molar-refractivity contribution in [2.24, 2.45) is 50.2 Å². The van der Waals surface area contributed by atoms with Crippen molar-refractivity contribution in [3.8, 4) is 0 Å². The maximum absolute atomic E-state index is 14.8. The molecule has 0 bridgehead atoms. The van der Waals surface area contributed by atoms with Gasteiger partial charge < -0.3 is 114 Å². The molecular formula is C54H86O25. The lowest BCUT2D eigenvalue weighted by Gasteiger charge is -2.71. The van der Waals surface area contributed by atoms with Crippen LogP contribution in [0, 0.1) is 50.2 Å². The number of hydrogen-bond donors (Lipinski definition) is 15. The molecule has 5 aliphatic carbocycles. The topological polar surface area (TPSA) is 411 Å². The molecule has 15 N–H and O–H groups in total. The zero-order valence-electron chi connectivity index (χ0n) is 45.8. The first-order chi connectivity index (χ1) is 36.9. The van der Waals surface area contributed by atoms with Crippen LogP contribution in [0.4, 0.5) is 0 Å². The summed E-state index contributed by atoms with van der Waals surface area (Å²) in [6.45, 7) is 11.1. The van der Waals surface area contributed by atoms with Gasteiger partial charge in [0.2, 0.25) is 6.29 Å². The third-order valence-electron chi connectivity index (χ3n) is 21.5. The molecule has 0 aromatic heterocycles. The molecule has 9 aliphatic rings. The first kappa shape index (κ1) is 61.4. The Morgan fingerprint density at radius 2 is 1.08 bits per heavy atom. The highest BCUT2D eigenvalue weighted by molar-refractivity contribution is 5.79. The van der Waals surface area contributed by atoms with Gasteiger partial charge in [0.1, 0.15) is 97.7 Å². The predicted octanol–water partition coefficient (Wildman–Crippen LogP) is -2.97. The van der Waals surface area contributed by atoms with Crippen LogP contribution in [0.5, 0.6) is 0 Å². The van der Waals surface area contributed by atoms with Crippen molar-refractivity contribution < 1.29 is 124 Å². The molecule has 9 rings (SSSR count). The van der Waals surface area contributed by atoms with Crippen LogP contribution >= 0.6 is 0 Å². The van der Waals surface area contributed by atoms with Gasteiger partial charge in [-0.25, -0.2) is 0 Å². The lowest BCUT2D eigenvalue weighted by Crippen LogP contribution is -2.71. The number of carboxylic acids is 1. The van der Waals surface area contributed by atoms with Gasteiger partial charge in [-0.1, -0.05) is 46.3 Å². The minimum atomic E-state index is -2.04. The van der Waals surface area contributed by atoms with E-state index in [9.17, 15) is 86.2 Å². The summed E-state index contributed by atoms with van der Waals surface area (Å²) in [4.78, 5) is 28.9. The van der Waals surface area contributed by atoms with Crippen molar-refractivity contribution in [2.45, 2.75) is 241 Å². The van der Waals surface area contributed by atoms with E-state index in [4.69, 9.17) is 37.9 Å². The largest absolute Gasteiger partial charge is 0.481 e. The number of aliphatic carboxylic acids is 1. The van der Waals surface area contributed by atoms with Crippen molar-refractivity contribution in [3.05, 3.63) is 11.6 Å². The molecule has 4 saturated heterocycles. The Morgan fingerprint density at radius 3 is 1.65 bits per heavy atom. The summed E-state index contributed by atoms with van der Waals surface area (Å²) in [5.74, 6) is -3.21. The normalized spacial score (nSPS) is 54.5. The van der Waals surface area contributed by atoms with Crippen LogP contribution in [-0.4, -0.2) is 243 Å². The Kier molecular flexibility index (Phi) is 17.1. The van der Waals surface area contributed by atoms with E-state index in [2.05, 4.69) is 33.8 Å². The molecule has 452 valence electrons. The van der Waals surface area contributed by atoms with Gasteiger partial charge >= 0.3 is 11.9 Å². The molecule has 0 radical (unpaired) electrons. The van der Waals surface area contributed by atoms with Gasteiger partial charge in [0.15, 0.2) is 18.9 Å². The average Bonchev–Trinajstić information content (AvgIpc) is 2.83. The number of hydrogen-bond acceptors (Lipinski definition) is 24. The van der Waals surface area contributed by atoms with Crippen LogP contribution in [0.1, 0.15) is 106 Å². The SMILES string of the molecule is CC1OC(OC2C(OC3C(OC4C(O)CC5(C)C(CCC6(C)C5CC=C5C7CC(C)(C)CCC7(C(=O)OC7OC(CO)C(O)C(O)C7O)CCC56C)C4(C)C(=O)O)OC(CO)C(O)C3O)OC(CO)C(O)C2O)C(O)C(O)C1O. The second kappa shape index (κ2) is 22.0. The number of aliphatic hydroxyl groups is 14. The van der Waals surface area contributed by atoms with E-state index in [1.165, 1.54) is 13.8 Å².